The third kappa shape index (κ3) is 2.34. The molecule has 0 bridgehead atoms. The largest absolute Gasteiger partial charge is 0.481 e. The van der Waals surface area contributed by atoms with Gasteiger partial charge in [-0.15, -0.1) is 0 Å². The van der Waals surface area contributed by atoms with Crippen molar-refractivity contribution in [3.63, 3.8) is 0 Å². The van der Waals surface area contributed by atoms with Crippen LogP contribution < -0.4 is 0 Å². The minimum Gasteiger partial charge on any atom is -0.481 e. The maximum Gasteiger partial charge on any atom is 0.307 e. The Bertz CT molecular complexity index is 354. The molecule has 0 radical (unpaired) electrons. The molecule has 1 aromatic carbocycles. The van der Waals surface area contributed by atoms with Crippen molar-refractivity contribution in [2.75, 3.05) is 0 Å². The number of hydrogen-bond acceptors (Lipinski definition) is 1. The molecule has 2 nitrogen and oxygen atoms in total. The zero-order valence-electron chi connectivity index (χ0n) is 8.92. The van der Waals surface area contributed by atoms with Crippen LogP contribution in [-0.2, 0) is 17.6 Å². The van der Waals surface area contributed by atoms with E-state index in [1.54, 1.807) is 0 Å². The molecule has 76 valence electrons. The Balaban J connectivity index is 3.18. The van der Waals surface area contributed by atoms with Crippen molar-refractivity contribution in [3.8, 4) is 0 Å². The number of aliphatic carboxylic acids is 1. The zero-order valence-corrected chi connectivity index (χ0v) is 8.92. The first-order valence-corrected chi connectivity index (χ1v) is 4.85. The van der Waals surface area contributed by atoms with Crippen molar-refractivity contribution in [3.05, 3.63) is 34.4 Å². The number of carboxylic acid groups (broad SMARTS) is 1. The predicted octanol–water partition coefficient (Wildman–Crippen LogP) is 2.49. The van der Waals surface area contributed by atoms with E-state index in [2.05, 4.69) is 13.0 Å². The third-order valence-electron chi connectivity index (χ3n) is 2.42. The first-order chi connectivity index (χ1) is 6.54. The lowest BCUT2D eigenvalue weighted by Gasteiger charge is -2.10. The van der Waals surface area contributed by atoms with Crippen LogP contribution >= 0.6 is 0 Å². The number of rotatable bonds is 3. The van der Waals surface area contributed by atoms with Crippen molar-refractivity contribution in [1.29, 1.82) is 0 Å². The normalized spacial score (nSPS) is 10.2. The molecule has 0 spiro atoms. The minimum atomic E-state index is -0.758. The van der Waals surface area contributed by atoms with Crippen LogP contribution in [0.4, 0.5) is 0 Å². The Labute approximate surface area is 84.6 Å². The molecule has 1 N–H and O–H groups in total. The average molecular weight is 192 g/mol. The van der Waals surface area contributed by atoms with Crippen LogP contribution in [0.2, 0.25) is 0 Å². The molecule has 0 aromatic heterocycles. The standard InChI is InChI=1S/C12H16O2/c1-4-10-6-8(2)5-9(3)11(10)7-12(13)14/h5-6H,4,7H2,1-3H3,(H,13,14). The second kappa shape index (κ2) is 4.27. The molecule has 0 fully saturated rings. The third-order valence-corrected chi connectivity index (χ3v) is 2.42. The van der Waals surface area contributed by atoms with Gasteiger partial charge in [0.1, 0.15) is 0 Å². The van der Waals surface area contributed by atoms with Crippen LogP contribution in [0, 0.1) is 13.8 Å². The molecule has 2 heteroatoms. The summed E-state index contributed by atoms with van der Waals surface area (Å²) in [7, 11) is 0. The van der Waals surface area contributed by atoms with Gasteiger partial charge in [-0.05, 0) is 37.0 Å². The number of carboxylic acids is 1. The van der Waals surface area contributed by atoms with Crippen LogP contribution in [0.25, 0.3) is 0 Å². The Morgan fingerprint density at radius 3 is 2.50 bits per heavy atom. The fourth-order valence-electron chi connectivity index (χ4n) is 1.81. The molecule has 0 saturated heterocycles. The van der Waals surface area contributed by atoms with E-state index in [9.17, 15) is 4.79 Å². The number of carbonyl (C=O) groups is 1. The van der Waals surface area contributed by atoms with Gasteiger partial charge in [0.05, 0.1) is 6.42 Å². The van der Waals surface area contributed by atoms with E-state index in [1.165, 1.54) is 5.56 Å². The zero-order chi connectivity index (χ0) is 10.7. The highest BCUT2D eigenvalue weighted by molar-refractivity contribution is 5.71. The van der Waals surface area contributed by atoms with Crippen LogP contribution in [0.15, 0.2) is 12.1 Å². The summed E-state index contributed by atoms with van der Waals surface area (Å²) in [5, 5.41) is 8.78. The lowest BCUT2D eigenvalue weighted by molar-refractivity contribution is -0.136. The lowest BCUT2D eigenvalue weighted by atomic mass is 9.95. The lowest BCUT2D eigenvalue weighted by Crippen LogP contribution is -2.06. The summed E-state index contributed by atoms with van der Waals surface area (Å²) in [4.78, 5) is 10.7. The highest BCUT2D eigenvalue weighted by Crippen LogP contribution is 2.18. The average Bonchev–Trinajstić information content (AvgIpc) is 2.08. The smallest absolute Gasteiger partial charge is 0.307 e. The summed E-state index contributed by atoms with van der Waals surface area (Å²) < 4.78 is 0. The summed E-state index contributed by atoms with van der Waals surface area (Å²) in [6.07, 6.45) is 1.03. The number of aryl methyl sites for hydroxylation is 3. The highest BCUT2D eigenvalue weighted by atomic mass is 16.4. The van der Waals surface area contributed by atoms with Crippen LogP contribution in [0.3, 0.4) is 0 Å². The van der Waals surface area contributed by atoms with E-state index < -0.39 is 5.97 Å². The maximum atomic E-state index is 10.7. The topological polar surface area (TPSA) is 37.3 Å². The minimum absolute atomic E-state index is 0.134. The van der Waals surface area contributed by atoms with Gasteiger partial charge in [-0.3, -0.25) is 4.79 Å². The molecule has 1 rings (SSSR count). The van der Waals surface area contributed by atoms with E-state index in [0.717, 1.165) is 23.1 Å². The summed E-state index contributed by atoms with van der Waals surface area (Å²) in [6.45, 7) is 6.07. The van der Waals surface area contributed by atoms with Gasteiger partial charge in [0.2, 0.25) is 0 Å². The van der Waals surface area contributed by atoms with Crippen molar-refractivity contribution < 1.29 is 9.90 Å². The van der Waals surface area contributed by atoms with Gasteiger partial charge in [0, 0.05) is 0 Å². The maximum absolute atomic E-state index is 10.7. The Morgan fingerprint density at radius 1 is 1.36 bits per heavy atom. The second-order valence-electron chi connectivity index (χ2n) is 3.64. The second-order valence-corrected chi connectivity index (χ2v) is 3.64. The molecule has 0 atom stereocenters. The Morgan fingerprint density at radius 2 is 2.00 bits per heavy atom. The van der Waals surface area contributed by atoms with E-state index >= 15 is 0 Å². The van der Waals surface area contributed by atoms with Crippen molar-refractivity contribution >= 4 is 5.97 Å². The van der Waals surface area contributed by atoms with Gasteiger partial charge < -0.3 is 5.11 Å². The van der Waals surface area contributed by atoms with Gasteiger partial charge in [-0.25, -0.2) is 0 Å². The Hall–Kier alpha value is -1.31. The number of hydrogen-bond donors (Lipinski definition) is 1. The highest BCUT2D eigenvalue weighted by Gasteiger charge is 2.09. The molecule has 0 aliphatic heterocycles. The summed E-state index contributed by atoms with van der Waals surface area (Å²) in [6, 6.07) is 4.11. The van der Waals surface area contributed by atoms with Gasteiger partial charge in [0.15, 0.2) is 0 Å². The SMILES string of the molecule is CCc1cc(C)cc(C)c1CC(=O)O. The summed E-state index contributed by atoms with van der Waals surface area (Å²) >= 11 is 0. The molecular formula is C12H16O2. The quantitative estimate of drug-likeness (QED) is 0.798. The molecule has 0 unspecified atom stereocenters. The fourth-order valence-corrected chi connectivity index (χ4v) is 1.81. The van der Waals surface area contributed by atoms with E-state index in [1.807, 2.05) is 19.9 Å². The molecule has 0 aliphatic carbocycles. The van der Waals surface area contributed by atoms with E-state index in [0.29, 0.717) is 0 Å². The van der Waals surface area contributed by atoms with Crippen molar-refractivity contribution in [2.45, 2.75) is 33.6 Å². The molecule has 14 heavy (non-hydrogen) atoms. The van der Waals surface area contributed by atoms with E-state index in [-0.39, 0.29) is 6.42 Å². The molecular weight excluding hydrogens is 176 g/mol. The molecule has 0 amide bonds. The molecule has 0 heterocycles. The van der Waals surface area contributed by atoms with Crippen LogP contribution in [-0.4, -0.2) is 11.1 Å². The first kappa shape index (κ1) is 10.8. The summed E-state index contributed by atoms with van der Waals surface area (Å²) in [5.74, 6) is -0.758. The first-order valence-electron chi connectivity index (χ1n) is 4.85. The Kier molecular flexibility index (Phi) is 3.28. The van der Waals surface area contributed by atoms with E-state index in [4.69, 9.17) is 5.11 Å². The number of benzene rings is 1. The predicted molar refractivity (Wildman–Crippen MR) is 56.6 cm³/mol. The van der Waals surface area contributed by atoms with Gasteiger partial charge >= 0.3 is 5.97 Å². The van der Waals surface area contributed by atoms with Crippen molar-refractivity contribution in [1.82, 2.24) is 0 Å². The van der Waals surface area contributed by atoms with Crippen LogP contribution in [0.5, 0.6) is 0 Å². The molecule has 0 aliphatic rings. The van der Waals surface area contributed by atoms with Gasteiger partial charge in [0.25, 0.3) is 0 Å². The molecule has 1 aromatic rings. The van der Waals surface area contributed by atoms with Crippen molar-refractivity contribution in [2.24, 2.45) is 0 Å². The fraction of sp³-hybridized carbons (Fsp3) is 0.417. The molecule has 0 saturated carbocycles. The van der Waals surface area contributed by atoms with Gasteiger partial charge in [-0.2, -0.15) is 0 Å². The monoisotopic (exact) mass is 192 g/mol. The van der Waals surface area contributed by atoms with Gasteiger partial charge in [-0.1, -0.05) is 24.6 Å². The van der Waals surface area contributed by atoms with Crippen LogP contribution in [0.1, 0.15) is 29.2 Å². The summed E-state index contributed by atoms with van der Waals surface area (Å²) in [5.41, 5.74) is 4.42.